The van der Waals surface area contributed by atoms with Gasteiger partial charge in [0.15, 0.2) is 5.82 Å². The van der Waals surface area contributed by atoms with Crippen LogP contribution in [0.2, 0.25) is 0 Å². The maximum absolute atomic E-state index is 6.27. The summed E-state index contributed by atoms with van der Waals surface area (Å²) in [5.41, 5.74) is 6.27. The highest BCUT2D eigenvalue weighted by Crippen LogP contribution is 2.27. The zero-order valence-corrected chi connectivity index (χ0v) is 13.4. The molecule has 0 amide bonds. The zero-order chi connectivity index (χ0) is 15.2. The quantitative estimate of drug-likeness (QED) is 0.865. The molecule has 0 aliphatic carbocycles. The van der Waals surface area contributed by atoms with Crippen molar-refractivity contribution in [1.82, 2.24) is 15.0 Å². The SMILES string of the molecule is N[C@H](c1nc(CCCN2CCCCC2)no1)C1CCOCC1. The highest BCUT2D eigenvalue weighted by atomic mass is 16.5. The van der Waals surface area contributed by atoms with Crippen LogP contribution in [0.1, 0.15) is 56.3 Å². The van der Waals surface area contributed by atoms with Crippen LogP contribution in [0.25, 0.3) is 0 Å². The van der Waals surface area contributed by atoms with Gasteiger partial charge in [-0.05, 0) is 57.7 Å². The highest BCUT2D eigenvalue weighted by molar-refractivity contribution is 4.95. The number of aryl methyl sites for hydroxylation is 1. The van der Waals surface area contributed by atoms with E-state index in [1.165, 1.54) is 32.4 Å². The molecule has 3 heterocycles. The van der Waals surface area contributed by atoms with Crippen LogP contribution in [0.15, 0.2) is 4.52 Å². The molecule has 0 radical (unpaired) electrons. The Labute approximate surface area is 132 Å². The van der Waals surface area contributed by atoms with Crippen molar-refractivity contribution in [2.45, 2.75) is 51.0 Å². The van der Waals surface area contributed by atoms with Gasteiger partial charge in [-0.25, -0.2) is 0 Å². The van der Waals surface area contributed by atoms with Crippen LogP contribution in [0.4, 0.5) is 0 Å². The lowest BCUT2D eigenvalue weighted by Gasteiger charge is -2.26. The summed E-state index contributed by atoms with van der Waals surface area (Å²) in [7, 11) is 0. The van der Waals surface area contributed by atoms with E-state index in [9.17, 15) is 0 Å². The summed E-state index contributed by atoms with van der Waals surface area (Å²) in [6.07, 6.45) is 7.99. The fourth-order valence-electron chi connectivity index (χ4n) is 3.42. The van der Waals surface area contributed by atoms with Crippen molar-refractivity contribution in [2.75, 3.05) is 32.8 Å². The summed E-state index contributed by atoms with van der Waals surface area (Å²) >= 11 is 0. The van der Waals surface area contributed by atoms with Crippen LogP contribution in [-0.4, -0.2) is 47.9 Å². The zero-order valence-electron chi connectivity index (χ0n) is 13.4. The molecule has 0 spiro atoms. The number of ether oxygens (including phenoxy) is 1. The van der Waals surface area contributed by atoms with Crippen LogP contribution in [-0.2, 0) is 11.2 Å². The molecule has 2 N–H and O–H groups in total. The number of rotatable bonds is 6. The molecular formula is C16H28N4O2. The first-order valence-electron chi connectivity index (χ1n) is 8.71. The maximum Gasteiger partial charge on any atom is 0.243 e. The van der Waals surface area contributed by atoms with E-state index in [0.29, 0.717) is 11.8 Å². The lowest BCUT2D eigenvalue weighted by atomic mass is 9.92. The summed E-state index contributed by atoms with van der Waals surface area (Å²) in [4.78, 5) is 7.05. The van der Waals surface area contributed by atoms with E-state index in [1.807, 2.05) is 0 Å². The van der Waals surface area contributed by atoms with Gasteiger partial charge in [-0.15, -0.1) is 0 Å². The molecule has 2 fully saturated rings. The average molecular weight is 308 g/mol. The fraction of sp³-hybridized carbons (Fsp3) is 0.875. The van der Waals surface area contributed by atoms with Crippen LogP contribution in [0.3, 0.4) is 0 Å². The van der Waals surface area contributed by atoms with Gasteiger partial charge in [0.2, 0.25) is 5.89 Å². The van der Waals surface area contributed by atoms with Gasteiger partial charge >= 0.3 is 0 Å². The summed E-state index contributed by atoms with van der Waals surface area (Å²) in [5.74, 6) is 1.80. The third kappa shape index (κ3) is 4.27. The van der Waals surface area contributed by atoms with Gasteiger partial charge < -0.3 is 19.9 Å². The monoisotopic (exact) mass is 308 g/mol. The van der Waals surface area contributed by atoms with Gasteiger partial charge in [-0.2, -0.15) is 4.98 Å². The van der Waals surface area contributed by atoms with E-state index in [-0.39, 0.29) is 6.04 Å². The second kappa shape index (κ2) is 8.04. The number of nitrogens with two attached hydrogens (primary N) is 1. The molecule has 0 bridgehead atoms. The molecule has 2 aliphatic heterocycles. The lowest BCUT2D eigenvalue weighted by molar-refractivity contribution is 0.0546. The van der Waals surface area contributed by atoms with Crippen molar-refractivity contribution in [2.24, 2.45) is 11.7 Å². The van der Waals surface area contributed by atoms with Crippen molar-refractivity contribution in [3.05, 3.63) is 11.7 Å². The van der Waals surface area contributed by atoms with Crippen molar-refractivity contribution in [3.63, 3.8) is 0 Å². The van der Waals surface area contributed by atoms with E-state index in [1.54, 1.807) is 0 Å². The topological polar surface area (TPSA) is 77.4 Å². The number of hydrogen-bond donors (Lipinski definition) is 1. The Hall–Kier alpha value is -0.980. The van der Waals surface area contributed by atoms with Crippen LogP contribution in [0.5, 0.6) is 0 Å². The summed E-state index contributed by atoms with van der Waals surface area (Å²) in [5, 5.41) is 4.10. The van der Waals surface area contributed by atoms with E-state index in [4.69, 9.17) is 15.0 Å². The standard InChI is InChI=1S/C16H28N4O2/c17-15(13-6-11-21-12-7-13)16-18-14(19-22-16)5-4-10-20-8-2-1-3-9-20/h13,15H,1-12,17H2/t15-/m0/s1. The Morgan fingerprint density at radius 1 is 1.18 bits per heavy atom. The number of nitrogens with zero attached hydrogens (tertiary/aromatic N) is 3. The van der Waals surface area contributed by atoms with Gasteiger partial charge in [0, 0.05) is 19.6 Å². The van der Waals surface area contributed by atoms with Crippen molar-refractivity contribution in [3.8, 4) is 0 Å². The predicted molar refractivity (Wildman–Crippen MR) is 83.4 cm³/mol. The molecule has 2 saturated heterocycles. The largest absolute Gasteiger partial charge is 0.381 e. The molecular weight excluding hydrogens is 280 g/mol. The van der Waals surface area contributed by atoms with Crippen LogP contribution < -0.4 is 5.73 Å². The van der Waals surface area contributed by atoms with E-state index >= 15 is 0 Å². The van der Waals surface area contributed by atoms with Crippen molar-refractivity contribution < 1.29 is 9.26 Å². The Morgan fingerprint density at radius 3 is 2.73 bits per heavy atom. The molecule has 6 heteroatoms. The maximum atomic E-state index is 6.27. The van der Waals surface area contributed by atoms with Crippen molar-refractivity contribution >= 4 is 0 Å². The Morgan fingerprint density at radius 2 is 1.95 bits per heavy atom. The molecule has 0 unspecified atom stereocenters. The second-order valence-corrected chi connectivity index (χ2v) is 6.53. The predicted octanol–water partition coefficient (Wildman–Crippen LogP) is 1.91. The lowest BCUT2D eigenvalue weighted by Crippen LogP contribution is -2.30. The molecule has 0 saturated carbocycles. The smallest absolute Gasteiger partial charge is 0.243 e. The third-order valence-electron chi connectivity index (χ3n) is 4.87. The normalized spacial score (nSPS) is 22.8. The van der Waals surface area contributed by atoms with E-state index < -0.39 is 0 Å². The number of likely N-dealkylation sites (tertiary alicyclic amines) is 1. The van der Waals surface area contributed by atoms with Crippen molar-refractivity contribution in [1.29, 1.82) is 0 Å². The minimum atomic E-state index is -0.146. The van der Waals surface area contributed by atoms with Gasteiger partial charge in [0.05, 0.1) is 6.04 Å². The highest BCUT2D eigenvalue weighted by Gasteiger charge is 2.26. The molecule has 1 aromatic heterocycles. The van der Waals surface area contributed by atoms with Gasteiger partial charge in [0.25, 0.3) is 0 Å². The van der Waals surface area contributed by atoms with Gasteiger partial charge in [-0.1, -0.05) is 11.6 Å². The molecule has 1 aromatic rings. The second-order valence-electron chi connectivity index (χ2n) is 6.53. The molecule has 3 rings (SSSR count). The molecule has 6 nitrogen and oxygen atoms in total. The molecule has 22 heavy (non-hydrogen) atoms. The first kappa shape index (κ1) is 15.9. The average Bonchev–Trinajstić information content (AvgIpc) is 3.05. The number of hydrogen-bond acceptors (Lipinski definition) is 6. The third-order valence-corrected chi connectivity index (χ3v) is 4.87. The first-order valence-corrected chi connectivity index (χ1v) is 8.71. The van der Waals surface area contributed by atoms with E-state index in [2.05, 4.69) is 15.0 Å². The van der Waals surface area contributed by atoms with Crippen LogP contribution in [0, 0.1) is 5.92 Å². The first-order chi connectivity index (χ1) is 10.8. The fourth-order valence-corrected chi connectivity index (χ4v) is 3.42. The Bertz CT molecular complexity index is 439. The summed E-state index contributed by atoms with van der Waals surface area (Å²) in [6, 6.07) is -0.146. The van der Waals surface area contributed by atoms with E-state index in [0.717, 1.165) is 51.3 Å². The molecule has 1 atom stereocenters. The summed E-state index contributed by atoms with van der Waals surface area (Å²) in [6.45, 7) is 5.19. The molecule has 2 aliphatic rings. The van der Waals surface area contributed by atoms with Gasteiger partial charge in [-0.3, -0.25) is 0 Å². The number of piperidine rings is 1. The Balaban J connectivity index is 1.44. The minimum Gasteiger partial charge on any atom is -0.381 e. The molecule has 0 aromatic carbocycles. The van der Waals surface area contributed by atoms with Crippen LogP contribution >= 0.6 is 0 Å². The number of aromatic nitrogens is 2. The van der Waals surface area contributed by atoms with Gasteiger partial charge in [0.1, 0.15) is 0 Å². The summed E-state index contributed by atoms with van der Waals surface area (Å²) < 4.78 is 10.8. The molecule has 124 valence electrons. The minimum absolute atomic E-state index is 0.146. The Kier molecular flexibility index (Phi) is 5.81.